The Bertz CT molecular complexity index is 658. The predicted octanol–water partition coefficient (Wildman–Crippen LogP) is 2.38. The van der Waals surface area contributed by atoms with Crippen molar-refractivity contribution in [2.24, 2.45) is 0 Å². The van der Waals surface area contributed by atoms with E-state index in [4.69, 9.17) is 4.74 Å². The van der Waals surface area contributed by atoms with Crippen molar-refractivity contribution in [3.05, 3.63) is 42.0 Å². The number of nitrogens with one attached hydrogen (secondary N) is 1. The molecule has 0 spiro atoms. The number of thioether (sulfide) groups is 1. The molecule has 7 heteroatoms. The fourth-order valence-corrected chi connectivity index (χ4v) is 3.08. The molecule has 1 saturated heterocycles. The molecule has 1 atom stereocenters. The molecule has 2 rings (SSSR count). The SMILES string of the molecule is CC/C=C/C(=O)N(C)CCOc1ccc(CC2SC(=O)NC2=O)cc1. The Morgan fingerprint density at radius 3 is 2.64 bits per heavy atom. The van der Waals surface area contributed by atoms with Crippen molar-refractivity contribution >= 4 is 28.8 Å². The summed E-state index contributed by atoms with van der Waals surface area (Å²) in [5.41, 5.74) is 0.965. The molecule has 1 aromatic rings. The Hall–Kier alpha value is -2.28. The Morgan fingerprint density at radius 2 is 2.04 bits per heavy atom. The number of hydrogen-bond acceptors (Lipinski definition) is 5. The van der Waals surface area contributed by atoms with Crippen molar-refractivity contribution in [1.82, 2.24) is 10.2 Å². The predicted molar refractivity (Wildman–Crippen MR) is 97.6 cm³/mol. The molecule has 0 aliphatic carbocycles. The highest BCUT2D eigenvalue weighted by molar-refractivity contribution is 8.15. The number of carbonyl (C=O) groups excluding carboxylic acids is 3. The first-order valence-corrected chi connectivity index (χ1v) is 9.02. The number of nitrogens with zero attached hydrogens (tertiary/aromatic N) is 1. The first-order chi connectivity index (χ1) is 12.0. The topological polar surface area (TPSA) is 75.7 Å². The summed E-state index contributed by atoms with van der Waals surface area (Å²) in [5, 5.41) is 1.63. The lowest BCUT2D eigenvalue weighted by atomic mass is 10.1. The minimum absolute atomic E-state index is 0.0392. The number of ether oxygens (including phenoxy) is 1. The van der Waals surface area contributed by atoms with Crippen LogP contribution < -0.4 is 10.1 Å². The van der Waals surface area contributed by atoms with Crippen LogP contribution in [0, 0.1) is 0 Å². The van der Waals surface area contributed by atoms with Crippen molar-refractivity contribution in [1.29, 1.82) is 0 Å². The van der Waals surface area contributed by atoms with Gasteiger partial charge in [0, 0.05) is 7.05 Å². The summed E-state index contributed by atoms with van der Waals surface area (Å²) >= 11 is 1.02. The van der Waals surface area contributed by atoms with Gasteiger partial charge in [-0.15, -0.1) is 0 Å². The maximum atomic E-state index is 11.7. The average molecular weight is 362 g/mol. The van der Waals surface area contributed by atoms with Gasteiger partial charge in [-0.1, -0.05) is 36.9 Å². The van der Waals surface area contributed by atoms with E-state index in [1.165, 1.54) is 0 Å². The fourth-order valence-electron chi connectivity index (χ4n) is 2.22. The van der Waals surface area contributed by atoms with Crippen molar-refractivity contribution in [2.45, 2.75) is 25.0 Å². The summed E-state index contributed by atoms with van der Waals surface area (Å²) in [7, 11) is 1.74. The number of amides is 3. The maximum absolute atomic E-state index is 11.7. The molecule has 1 fully saturated rings. The van der Waals surface area contributed by atoms with E-state index in [-0.39, 0.29) is 22.3 Å². The van der Waals surface area contributed by atoms with Gasteiger partial charge < -0.3 is 9.64 Å². The molecule has 3 amide bonds. The van der Waals surface area contributed by atoms with E-state index in [2.05, 4.69) is 5.32 Å². The lowest BCUT2D eigenvalue weighted by molar-refractivity contribution is -0.125. The van der Waals surface area contributed by atoms with Gasteiger partial charge in [-0.25, -0.2) is 0 Å². The second-order valence-corrected chi connectivity index (χ2v) is 6.83. The highest BCUT2D eigenvalue weighted by Crippen LogP contribution is 2.23. The normalized spacial score (nSPS) is 17.0. The molecule has 0 radical (unpaired) electrons. The second kappa shape index (κ2) is 9.27. The Morgan fingerprint density at radius 1 is 1.32 bits per heavy atom. The number of hydrogen-bond donors (Lipinski definition) is 1. The summed E-state index contributed by atoms with van der Waals surface area (Å²) in [6, 6.07) is 7.41. The molecular weight excluding hydrogens is 340 g/mol. The van der Waals surface area contributed by atoms with Gasteiger partial charge in [0.05, 0.1) is 11.8 Å². The summed E-state index contributed by atoms with van der Waals surface area (Å²) in [6.45, 7) is 2.87. The summed E-state index contributed by atoms with van der Waals surface area (Å²) < 4.78 is 5.64. The zero-order valence-corrected chi connectivity index (χ0v) is 15.2. The van der Waals surface area contributed by atoms with Gasteiger partial charge in [0.1, 0.15) is 12.4 Å². The molecule has 1 aliphatic rings. The molecule has 0 bridgehead atoms. The van der Waals surface area contributed by atoms with Crippen LogP contribution in [0.1, 0.15) is 18.9 Å². The molecule has 1 aliphatic heterocycles. The molecule has 1 N–H and O–H groups in total. The molecule has 0 saturated carbocycles. The van der Waals surface area contributed by atoms with Crippen LogP contribution in [0.3, 0.4) is 0 Å². The minimum Gasteiger partial charge on any atom is -0.492 e. The first kappa shape index (κ1) is 19.1. The Balaban J connectivity index is 1.77. The third-order valence-corrected chi connectivity index (χ3v) is 4.66. The molecule has 25 heavy (non-hydrogen) atoms. The van der Waals surface area contributed by atoms with Crippen LogP contribution in [-0.4, -0.2) is 47.4 Å². The molecule has 6 nitrogen and oxygen atoms in total. The van der Waals surface area contributed by atoms with E-state index < -0.39 is 0 Å². The molecule has 1 unspecified atom stereocenters. The smallest absolute Gasteiger partial charge is 0.286 e. The number of carbonyl (C=O) groups is 3. The quantitative estimate of drug-likeness (QED) is 0.719. The number of likely N-dealkylation sites (N-methyl/N-ethyl adjacent to an activating group) is 1. The summed E-state index contributed by atoms with van der Waals surface area (Å²) in [4.78, 5) is 36.1. The number of imide groups is 1. The monoisotopic (exact) mass is 362 g/mol. The number of allylic oxidation sites excluding steroid dienone is 1. The van der Waals surface area contributed by atoms with Gasteiger partial charge in [0.2, 0.25) is 11.8 Å². The first-order valence-electron chi connectivity index (χ1n) is 8.14. The van der Waals surface area contributed by atoms with Gasteiger partial charge >= 0.3 is 0 Å². The zero-order valence-electron chi connectivity index (χ0n) is 14.4. The van der Waals surface area contributed by atoms with Crippen LogP contribution in [0.25, 0.3) is 0 Å². The third kappa shape index (κ3) is 5.94. The highest BCUT2D eigenvalue weighted by atomic mass is 32.2. The number of benzene rings is 1. The van der Waals surface area contributed by atoms with Gasteiger partial charge in [-0.3, -0.25) is 19.7 Å². The van der Waals surface area contributed by atoms with E-state index in [9.17, 15) is 14.4 Å². The maximum Gasteiger partial charge on any atom is 0.286 e. The van der Waals surface area contributed by atoms with E-state index in [1.54, 1.807) is 18.0 Å². The lowest BCUT2D eigenvalue weighted by Gasteiger charge is -2.15. The van der Waals surface area contributed by atoms with Crippen LogP contribution in [0.5, 0.6) is 5.75 Å². The van der Waals surface area contributed by atoms with Crippen molar-refractivity contribution in [3.8, 4) is 5.75 Å². The van der Waals surface area contributed by atoms with Crippen LogP contribution in [0.4, 0.5) is 4.79 Å². The van der Waals surface area contributed by atoms with Crippen LogP contribution in [-0.2, 0) is 16.0 Å². The number of rotatable bonds is 8. The highest BCUT2D eigenvalue weighted by Gasteiger charge is 2.31. The fraction of sp³-hybridized carbons (Fsp3) is 0.389. The average Bonchev–Trinajstić information content (AvgIpc) is 2.91. The second-order valence-electron chi connectivity index (χ2n) is 5.65. The van der Waals surface area contributed by atoms with E-state index in [0.29, 0.717) is 25.3 Å². The van der Waals surface area contributed by atoms with Crippen LogP contribution in [0.15, 0.2) is 36.4 Å². The van der Waals surface area contributed by atoms with E-state index in [1.807, 2.05) is 37.3 Å². The molecule has 1 aromatic carbocycles. The van der Waals surface area contributed by atoms with E-state index in [0.717, 1.165) is 23.7 Å². The standard InChI is InChI=1S/C18H22N2O4S/c1-3-4-5-16(21)20(2)10-11-24-14-8-6-13(7-9-14)12-15-17(22)19-18(23)25-15/h4-9,15H,3,10-12H2,1-2H3,(H,19,22,23)/b5-4+. The van der Waals surface area contributed by atoms with Gasteiger partial charge in [0.25, 0.3) is 5.24 Å². The van der Waals surface area contributed by atoms with E-state index >= 15 is 0 Å². The van der Waals surface area contributed by atoms with Gasteiger partial charge in [0.15, 0.2) is 0 Å². The molecule has 134 valence electrons. The molecular formula is C18H22N2O4S. The zero-order chi connectivity index (χ0) is 18.2. The Labute approximate surface area is 151 Å². The minimum atomic E-state index is -0.366. The van der Waals surface area contributed by atoms with Gasteiger partial charge in [-0.2, -0.15) is 0 Å². The third-order valence-electron chi connectivity index (χ3n) is 3.68. The van der Waals surface area contributed by atoms with Gasteiger partial charge in [-0.05, 0) is 36.6 Å². The van der Waals surface area contributed by atoms with Crippen LogP contribution >= 0.6 is 11.8 Å². The molecule has 1 heterocycles. The molecule has 0 aromatic heterocycles. The van der Waals surface area contributed by atoms with Crippen molar-refractivity contribution in [2.75, 3.05) is 20.2 Å². The van der Waals surface area contributed by atoms with Crippen molar-refractivity contribution < 1.29 is 19.1 Å². The lowest BCUT2D eigenvalue weighted by Crippen LogP contribution is -2.29. The van der Waals surface area contributed by atoms with Crippen LogP contribution in [0.2, 0.25) is 0 Å². The van der Waals surface area contributed by atoms with Crippen molar-refractivity contribution in [3.63, 3.8) is 0 Å². The summed E-state index contributed by atoms with van der Waals surface area (Å²) in [6.07, 6.45) is 4.73. The Kier molecular flexibility index (Phi) is 7.06. The largest absolute Gasteiger partial charge is 0.492 e. The summed E-state index contributed by atoms with van der Waals surface area (Å²) in [5.74, 6) is 0.427.